The van der Waals surface area contributed by atoms with Crippen LogP contribution in [-0.2, 0) is 16.0 Å². The molecule has 1 atom stereocenters. The summed E-state index contributed by atoms with van der Waals surface area (Å²) in [6.07, 6.45) is 0.936. The third-order valence-electron chi connectivity index (χ3n) is 4.76. The molecule has 146 valence electrons. The average Bonchev–Trinajstić information content (AvgIpc) is 3.16. The van der Waals surface area contributed by atoms with Gasteiger partial charge in [-0.15, -0.1) is 0 Å². The van der Waals surface area contributed by atoms with E-state index in [1.807, 2.05) is 24.3 Å². The van der Waals surface area contributed by atoms with Crippen molar-refractivity contribution in [2.75, 3.05) is 0 Å². The van der Waals surface area contributed by atoms with E-state index in [0.29, 0.717) is 22.3 Å². The van der Waals surface area contributed by atoms with Crippen molar-refractivity contribution in [2.24, 2.45) is 0 Å². The van der Waals surface area contributed by atoms with E-state index in [0.717, 1.165) is 10.9 Å². The number of para-hydroxylation sites is 2. The van der Waals surface area contributed by atoms with Crippen LogP contribution in [0.25, 0.3) is 21.8 Å². The molecule has 0 saturated carbocycles. The maximum atomic E-state index is 12.7. The molecule has 1 unspecified atom stereocenters. The number of rotatable bonds is 6. The predicted molar refractivity (Wildman–Crippen MR) is 109 cm³/mol. The zero-order valence-corrected chi connectivity index (χ0v) is 15.8. The SMILES string of the molecule is CC(OC(=O)CCc1nc2ccccc2c(=O)[nH]1)C(=O)c1c[nH]c2ccccc12. The topological polar surface area (TPSA) is 105 Å². The molecule has 0 aliphatic carbocycles. The van der Waals surface area contributed by atoms with Crippen LogP contribution in [0, 0.1) is 0 Å². The van der Waals surface area contributed by atoms with Gasteiger partial charge < -0.3 is 14.7 Å². The van der Waals surface area contributed by atoms with E-state index < -0.39 is 12.1 Å². The number of esters is 1. The predicted octanol–water partition coefficient (Wildman–Crippen LogP) is 3.15. The third kappa shape index (κ3) is 3.80. The second-order valence-corrected chi connectivity index (χ2v) is 6.77. The van der Waals surface area contributed by atoms with Crippen molar-refractivity contribution in [3.05, 3.63) is 76.5 Å². The van der Waals surface area contributed by atoms with Gasteiger partial charge in [-0.2, -0.15) is 0 Å². The van der Waals surface area contributed by atoms with E-state index >= 15 is 0 Å². The van der Waals surface area contributed by atoms with Gasteiger partial charge >= 0.3 is 5.97 Å². The molecule has 0 amide bonds. The summed E-state index contributed by atoms with van der Waals surface area (Å²) in [6, 6.07) is 14.4. The Labute approximate surface area is 165 Å². The molecule has 7 nitrogen and oxygen atoms in total. The van der Waals surface area contributed by atoms with Crippen molar-refractivity contribution in [2.45, 2.75) is 25.9 Å². The van der Waals surface area contributed by atoms with Crippen molar-refractivity contribution in [3.8, 4) is 0 Å². The van der Waals surface area contributed by atoms with Gasteiger partial charge in [0.25, 0.3) is 5.56 Å². The van der Waals surface area contributed by atoms with Crippen LogP contribution in [0.5, 0.6) is 0 Å². The lowest BCUT2D eigenvalue weighted by Crippen LogP contribution is -2.24. The average molecular weight is 389 g/mol. The van der Waals surface area contributed by atoms with E-state index in [1.54, 1.807) is 37.4 Å². The Morgan fingerprint density at radius 1 is 1.07 bits per heavy atom. The summed E-state index contributed by atoms with van der Waals surface area (Å²) in [5.41, 5.74) is 1.66. The number of fused-ring (bicyclic) bond motifs is 2. The highest BCUT2D eigenvalue weighted by atomic mass is 16.5. The lowest BCUT2D eigenvalue weighted by Gasteiger charge is -2.12. The summed E-state index contributed by atoms with van der Waals surface area (Å²) in [6.45, 7) is 1.55. The number of carbonyl (C=O) groups is 2. The number of Topliss-reactive ketones (excluding diaryl/α,β-unsaturated/α-hetero) is 1. The molecule has 0 fully saturated rings. The lowest BCUT2D eigenvalue weighted by molar-refractivity contribution is -0.146. The number of hydrogen-bond donors (Lipinski definition) is 2. The van der Waals surface area contributed by atoms with Gasteiger partial charge in [-0.25, -0.2) is 4.98 Å². The zero-order chi connectivity index (χ0) is 20.4. The smallest absolute Gasteiger partial charge is 0.306 e. The van der Waals surface area contributed by atoms with Gasteiger partial charge in [-0.05, 0) is 25.1 Å². The summed E-state index contributed by atoms with van der Waals surface area (Å²) in [5, 5.41) is 1.29. The van der Waals surface area contributed by atoms with E-state index in [4.69, 9.17) is 4.74 Å². The minimum absolute atomic E-state index is 0.00673. The quantitative estimate of drug-likeness (QED) is 0.389. The number of aryl methyl sites for hydroxylation is 1. The fourth-order valence-corrected chi connectivity index (χ4v) is 3.28. The van der Waals surface area contributed by atoms with Gasteiger partial charge in [-0.1, -0.05) is 30.3 Å². The second-order valence-electron chi connectivity index (χ2n) is 6.77. The first kappa shape index (κ1) is 18.6. The number of aromatic amines is 2. The minimum atomic E-state index is -0.912. The number of H-pyrrole nitrogens is 2. The van der Waals surface area contributed by atoms with Crippen molar-refractivity contribution in [1.29, 1.82) is 0 Å². The van der Waals surface area contributed by atoms with Crippen molar-refractivity contribution in [3.63, 3.8) is 0 Å². The molecule has 2 aromatic carbocycles. The molecule has 0 radical (unpaired) electrons. The van der Waals surface area contributed by atoms with E-state index in [-0.39, 0.29) is 24.2 Å². The summed E-state index contributed by atoms with van der Waals surface area (Å²) in [4.78, 5) is 47.0. The van der Waals surface area contributed by atoms with Gasteiger partial charge in [-0.3, -0.25) is 14.4 Å². The third-order valence-corrected chi connectivity index (χ3v) is 4.76. The fraction of sp³-hybridized carbons (Fsp3) is 0.182. The Balaban J connectivity index is 1.40. The van der Waals surface area contributed by atoms with Crippen LogP contribution in [0.4, 0.5) is 0 Å². The number of nitrogens with zero attached hydrogens (tertiary/aromatic N) is 1. The van der Waals surface area contributed by atoms with Crippen molar-refractivity contribution in [1.82, 2.24) is 15.0 Å². The number of benzene rings is 2. The molecule has 2 aromatic heterocycles. The van der Waals surface area contributed by atoms with Gasteiger partial charge in [0, 0.05) is 29.1 Å². The second kappa shape index (κ2) is 7.71. The number of hydrogen-bond acceptors (Lipinski definition) is 5. The van der Waals surface area contributed by atoms with Gasteiger partial charge in [0.15, 0.2) is 6.10 Å². The number of ketones is 1. The number of aromatic nitrogens is 3. The Hall–Kier alpha value is -3.74. The molecule has 0 bridgehead atoms. The molecule has 0 saturated heterocycles. The molecule has 2 heterocycles. The normalized spacial score (nSPS) is 12.2. The molecule has 4 rings (SSSR count). The standard InChI is InChI=1S/C22H19N3O4/c1-13(21(27)16-12-23-17-8-4-2-6-14(16)17)29-20(26)11-10-19-24-18-9-5-3-7-15(18)22(28)25-19/h2-9,12-13,23H,10-11H2,1H3,(H,24,25,28). The molecule has 0 aliphatic rings. The molecule has 0 aliphatic heterocycles. The monoisotopic (exact) mass is 389 g/mol. The van der Waals surface area contributed by atoms with Crippen LogP contribution in [-0.4, -0.2) is 32.8 Å². The summed E-state index contributed by atoms with van der Waals surface area (Å²) in [7, 11) is 0. The Morgan fingerprint density at radius 3 is 2.62 bits per heavy atom. The summed E-state index contributed by atoms with van der Waals surface area (Å²) in [5.74, 6) is -0.393. The van der Waals surface area contributed by atoms with Crippen molar-refractivity contribution >= 4 is 33.6 Å². The molecule has 0 spiro atoms. The first-order valence-corrected chi connectivity index (χ1v) is 9.30. The van der Waals surface area contributed by atoms with Crippen LogP contribution in [0.1, 0.15) is 29.5 Å². The largest absolute Gasteiger partial charge is 0.454 e. The summed E-state index contributed by atoms with van der Waals surface area (Å²) >= 11 is 0. The molecular weight excluding hydrogens is 370 g/mol. The first-order valence-electron chi connectivity index (χ1n) is 9.30. The van der Waals surface area contributed by atoms with Crippen LogP contribution >= 0.6 is 0 Å². The zero-order valence-electron chi connectivity index (χ0n) is 15.8. The number of carbonyl (C=O) groups excluding carboxylic acids is 2. The van der Waals surface area contributed by atoms with Crippen LogP contribution < -0.4 is 5.56 Å². The van der Waals surface area contributed by atoms with Gasteiger partial charge in [0.05, 0.1) is 17.3 Å². The summed E-state index contributed by atoms with van der Waals surface area (Å²) < 4.78 is 5.30. The Morgan fingerprint density at radius 2 is 1.79 bits per heavy atom. The molecular formula is C22H19N3O4. The number of nitrogens with one attached hydrogen (secondary N) is 2. The van der Waals surface area contributed by atoms with Crippen LogP contribution in [0.3, 0.4) is 0 Å². The molecule has 2 N–H and O–H groups in total. The van der Waals surface area contributed by atoms with Crippen LogP contribution in [0.2, 0.25) is 0 Å². The van der Waals surface area contributed by atoms with E-state index in [2.05, 4.69) is 15.0 Å². The first-order chi connectivity index (χ1) is 14.0. The van der Waals surface area contributed by atoms with Gasteiger partial charge in [0.1, 0.15) is 5.82 Å². The molecule has 4 aromatic rings. The van der Waals surface area contributed by atoms with E-state index in [1.165, 1.54) is 0 Å². The van der Waals surface area contributed by atoms with Crippen molar-refractivity contribution < 1.29 is 14.3 Å². The maximum Gasteiger partial charge on any atom is 0.306 e. The van der Waals surface area contributed by atoms with Crippen LogP contribution in [0.15, 0.2) is 59.5 Å². The Kier molecular flexibility index (Phi) is 4.95. The number of ether oxygens (including phenoxy) is 1. The minimum Gasteiger partial charge on any atom is -0.454 e. The molecule has 29 heavy (non-hydrogen) atoms. The highest BCUT2D eigenvalue weighted by molar-refractivity contribution is 6.10. The van der Waals surface area contributed by atoms with E-state index in [9.17, 15) is 14.4 Å². The highest BCUT2D eigenvalue weighted by Crippen LogP contribution is 2.20. The highest BCUT2D eigenvalue weighted by Gasteiger charge is 2.22. The molecule has 7 heteroatoms. The fourth-order valence-electron chi connectivity index (χ4n) is 3.28. The Bertz CT molecular complexity index is 1270. The maximum absolute atomic E-state index is 12.7. The van der Waals surface area contributed by atoms with Gasteiger partial charge in [0.2, 0.25) is 5.78 Å². The lowest BCUT2D eigenvalue weighted by atomic mass is 10.1.